The van der Waals surface area contributed by atoms with E-state index in [-0.39, 0.29) is 0 Å². The smallest absolute Gasteiger partial charge is 0.0899 e. The Morgan fingerprint density at radius 1 is 1.62 bits per heavy atom. The monoisotopic (exact) mass is 264 g/mol. The highest BCUT2D eigenvalue weighted by Gasteiger charge is 2.21. The van der Waals surface area contributed by atoms with Gasteiger partial charge >= 0.3 is 0 Å². The summed E-state index contributed by atoms with van der Waals surface area (Å²) in [7, 11) is 1.60. The fraction of sp³-hybridized carbons (Fsp3) is 0.556. The fourth-order valence-corrected chi connectivity index (χ4v) is 2.85. The van der Waals surface area contributed by atoms with Gasteiger partial charge in [0.05, 0.1) is 16.0 Å². The molecule has 13 heavy (non-hydrogen) atoms. The summed E-state index contributed by atoms with van der Waals surface area (Å²) in [6.45, 7) is 2.15. The summed E-state index contributed by atoms with van der Waals surface area (Å²) in [5.41, 5.74) is -0.765. The normalized spacial score (nSPS) is 15.7. The van der Waals surface area contributed by atoms with Gasteiger partial charge in [-0.2, -0.15) is 0 Å². The Labute approximate surface area is 90.7 Å². The van der Waals surface area contributed by atoms with Crippen LogP contribution >= 0.6 is 27.3 Å². The second-order valence-electron chi connectivity index (χ2n) is 3.31. The molecule has 1 heterocycles. The number of aliphatic hydroxyl groups is 1. The maximum absolute atomic E-state index is 9.84. The first kappa shape index (κ1) is 11.2. The van der Waals surface area contributed by atoms with Gasteiger partial charge in [0.2, 0.25) is 0 Å². The molecule has 74 valence electrons. The first-order chi connectivity index (χ1) is 6.03. The second-order valence-corrected chi connectivity index (χ2v) is 5.86. The fourth-order valence-electron chi connectivity index (χ4n) is 1.18. The van der Waals surface area contributed by atoms with Crippen molar-refractivity contribution in [1.29, 1.82) is 0 Å². The van der Waals surface area contributed by atoms with Crippen molar-refractivity contribution in [3.05, 3.63) is 20.8 Å². The largest absolute Gasteiger partial charge is 0.387 e. The highest BCUT2D eigenvalue weighted by Crippen LogP contribution is 2.25. The van der Waals surface area contributed by atoms with Crippen LogP contribution in [0.25, 0.3) is 0 Å². The van der Waals surface area contributed by atoms with E-state index < -0.39 is 5.60 Å². The molecule has 0 amide bonds. The third-order valence-electron chi connectivity index (χ3n) is 1.64. The summed E-state index contributed by atoms with van der Waals surface area (Å²) >= 11 is 5.03. The number of halogens is 1. The summed E-state index contributed by atoms with van der Waals surface area (Å²) < 4.78 is 6.02. The standard InChI is InChI=1S/C9H13BrO2S/c1-9(11,6-12-2)5-7-3-4-8(10)13-7/h3-4,11H,5-6H2,1-2H3. The molecule has 1 aromatic heterocycles. The van der Waals surface area contributed by atoms with Crippen LogP contribution in [0.2, 0.25) is 0 Å². The van der Waals surface area contributed by atoms with Crippen LogP contribution in [-0.4, -0.2) is 24.4 Å². The first-order valence-corrected chi connectivity index (χ1v) is 5.60. The molecule has 1 rings (SSSR count). The SMILES string of the molecule is COCC(C)(O)Cc1ccc(Br)s1. The number of hydrogen-bond donors (Lipinski definition) is 1. The van der Waals surface area contributed by atoms with Gasteiger partial charge < -0.3 is 9.84 Å². The lowest BCUT2D eigenvalue weighted by molar-refractivity contribution is -0.0155. The average molecular weight is 265 g/mol. The van der Waals surface area contributed by atoms with Crippen molar-refractivity contribution < 1.29 is 9.84 Å². The topological polar surface area (TPSA) is 29.5 Å². The van der Waals surface area contributed by atoms with Crippen LogP contribution in [0.3, 0.4) is 0 Å². The van der Waals surface area contributed by atoms with Crippen molar-refractivity contribution in [2.75, 3.05) is 13.7 Å². The number of methoxy groups -OCH3 is 1. The lowest BCUT2D eigenvalue weighted by atomic mass is 10.0. The molecular weight excluding hydrogens is 252 g/mol. The molecule has 0 saturated heterocycles. The molecule has 1 atom stereocenters. The summed E-state index contributed by atoms with van der Waals surface area (Å²) in [4.78, 5) is 1.16. The van der Waals surface area contributed by atoms with Crippen LogP contribution in [0.15, 0.2) is 15.9 Å². The predicted molar refractivity (Wildman–Crippen MR) is 58.2 cm³/mol. The van der Waals surface area contributed by atoms with Gasteiger partial charge in [0.1, 0.15) is 0 Å². The van der Waals surface area contributed by atoms with Crippen molar-refractivity contribution in [2.45, 2.75) is 18.9 Å². The Morgan fingerprint density at radius 3 is 2.77 bits per heavy atom. The molecule has 2 nitrogen and oxygen atoms in total. The van der Waals surface area contributed by atoms with Gasteiger partial charge in [0.15, 0.2) is 0 Å². The van der Waals surface area contributed by atoms with Crippen molar-refractivity contribution in [3.8, 4) is 0 Å². The average Bonchev–Trinajstić information content (AvgIpc) is 2.34. The van der Waals surface area contributed by atoms with E-state index in [0.717, 1.165) is 8.66 Å². The molecule has 4 heteroatoms. The van der Waals surface area contributed by atoms with E-state index in [1.165, 1.54) is 0 Å². The molecule has 1 unspecified atom stereocenters. The maximum atomic E-state index is 9.84. The number of hydrogen-bond acceptors (Lipinski definition) is 3. The zero-order valence-corrected chi connectivity index (χ0v) is 10.1. The molecule has 1 aromatic rings. The zero-order valence-electron chi connectivity index (χ0n) is 7.71. The Hall–Kier alpha value is 0.1000. The molecule has 1 N–H and O–H groups in total. The van der Waals surface area contributed by atoms with Crippen LogP contribution in [-0.2, 0) is 11.2 Å². The maximum Gasteiger partial charge on any atom is 0.0899 e. The van der Waals surface area contributed by atoms with Gasteiger partial charge in [-0.25, -0.2) is 0 Å². The van der Waals surface area contributed by atoms with Crippen LogP contribution in [0.5, 0.6) is 0 Å². The van der Waals surface area contributed by atoms with Crippen molar-refractivity contribution in [3.63, 3.8) is 0 Å². The van der Waals surface area contributed by atoms with E-state index in [9.17, 15) is 5.11 Å². The highest BCUT2D eigenvalue weighted by molar-refractivity contribution is 9.11. The van der Waals surface area contributed by atoms with Gasteiger partial charge in [-0.3, -0.25) is 0 Å². The molecule has 0 aliphatic carbocycles. The van der Waals surface area contributed by atoms with Crippen molar-refractivity contribution >= 4 is 27.3 Å². The lowest BCUT2D eigenvalue weighted by Crippen LogP contribution is -2.32. The molecule has 0 radical (unpaired) electrons. The van der Waals surface area contributed by atoms with Crippen LogP contribution in [0.1, 0.15) is 11.8 Å². The number of ether oxygens (including phenoxy) is 1. The van der Waals surface area contributed by atoms with Gasteiger partial charge in [-0.1, -0.05) is 0 Å². The minimum atomic E-state index is -0.765. The molecule has 0 spiro atoms. The van der Waals surface area contributed by atoms with E-state index in [0.29, 0.717) is 13.0 Å². The summed E-state index contributed by atoms with van der Waals surface area (Å²) in [5, 5.41) is 9.84. The Kier molecular flexibility index (Phi) is 3.91. The van der Waals surface area contributed by atoms with Crippen LogP contribution in [0, 0.1) is 0 Å². The van der Waals surface area contributed by atoms with E-state index >= 15 is 0 Å². The Morgan fingerprint density at radius 2 is 2.31 bits per heavy atom. The molecule has 0 aliphatic rings. The lowest BCUT2D eigenvalue weighted by Gasteiger charge is -2.20. The first-order valence-electron chi connectivity index (χ1n) is 3.99. The van der Waals surface area contributed by atoms with Gasteiger partial charge in [0.25, 0.3) is 0 Å². The minimum absolute atomic E-state index is 0.364. The van der Waals surface area contributed by atoms with Gasteiger partial charge in [-0.05, 0) is 35.0 Å². The van der Waals surface area contributed by atoms with Crippen molar-refractivity contribution in [1.82, 2.24) is 0 Å². The van der Waals surface area contributed by atoms with E-state index in [2.05, 4.69) is 15.9 Å². The quantitative estimate of drug-likeness (QED) is 0.906. The summed E-state index contributed by atoms with van der Waals surface area (Å²) in [5.74, 6) is 0. The van der Waals surface area contributed by atoms with Crippen LogP contribution < -0.4 is 0 Å². The third-order valence-corrected chi connectivity index (χ3v) is 3.26. The van der Waals surface area contributed by atoms with E-state index in [4.69, 9.17) is 4.74 Å². The third kappa shape index (κ3) is 3.77. The Balaban J connectivity index is 2.57. The highest BCUT2D eigenvalue weighted by atomic mass is 79.9. The molecular formula is C9H13BrO2S. The Bertz CT molecular complexity index is 270. The van der Waals surface area contributed by atoms with Gasteiger partial charge in [-0.15, -0.1) is 11.3 Å². The summed E-state index contributed by atoms with van der Waals surface area (Å²) in [6.07, 6.45) is 0.636. The zero-order chi connectivity index (χ0) is 9.90. The molecule has 0 fully saturated rings. The molecule has 0 saturated carbocycles. The number of rotatable bonds is 4. The van der Waals surface area contributed by atoms with E-state index in [1.807, 2.05) is 12.1 Å². The second kappa shape index (κ2) is 4.55. The predicted octanol–water partition coefficient (Wildman–Crippen LogP) is 2.45. The van der Waals surface area contributed by atoms with E-state index in [1.54, 1.807) is 25.4 Å². The van der Waals surface area contributed by atoms with Gasteiger partial charge in [0, 0.05) is 18.4 Å². The molecule has 0 aliphatic heterocycles. The van der Waals surface area contributed by atoms with Crippen molar-refractivity contribution in [2.24, 2.45) is 0 Å². The minimum Gasteiger partial charge on any atom is -0.387 e. The number of thiophene rings is 1. The molecule has 0 bridgehead atoms. The molecule has 0 aromatic carbocycles. The summed E-state index contributed by atoms with van der Waals surface area (Å²) in [6, 6.07) is 4.00. The van der Waals surface area contributed by atoms with Crippen LogP contribution in [0.4, 0.5) is 0 Å².